The molecule has 0 radical (unpaired) electrons. The quantitative estimate of drug-likeness (QED) is 0.104. The van der Waals surface area contributed by atoms with Crippen molar-refractivity contribution in [3.8, 4) is 44.9 Å². The van der Waals surface area contributed by atoms with Crippen LogP contribution in [0.1, 0.15) is 24.5 Å². The van der Waals surface area contributed by atoms with E-state index in [4.69, 9.17) is 11.6 Å². The second kappa shape index (κ2) is 14.9. The average molecular weight is 761 g/mol. The number of rotatable bonds is 10. The Kier molecular flexibility index (Phi) is 10.9. The Hall–Kier alpha value is -5.11. The summed E-state index contributed by atoms with van der Waals surface area (Å²) in [5, 5.41) is -0.874. The summed E-state index contributed by atoms with van der Waals surface area (Å²) >= 11 is 6.02. The highest BCUT2D eigenvalue weighted by molar-refractivity contribution is 6.33. The van der Waals surface area contributed by atoms with Gasteiger partial charge in [-0.2, -0.15) is 8.78 Å². The smallest absolute Gasteiger partial charge is 0.423 e. The molecule has 0 atom stereocenters. The van der Waals surface area contributed by atoms with E-state index in [0.717, 1.165) is 30.5 Å². The van der Waals surface area contributed by atoms with Crippen molar-refractivity contribution in [3.63, 3.8) is 0 Å². The lowest BCUT2D eigenvalue weighted by Gasteiger charge is -2.21. The van der Waals surface area contributed by atoms with Gasteiger partial charge in [-0.05, 0) is 96.1 Å². The third-order valence-electron chi connectivity index (χ3n) is 7.56. The molecule has 0 fully saturated rings. The van der Waals surface area contributed by atoms with E-state index in [1.54, 1.807) is 24.3 Å². The van der Waals surface area contributed by atoms with Crippen molar-refractivity contribution in [1.82, 2.24) is 0 Å². The van der Waals surface area contributed by atoms with Gasteiger partial charge in [0.1, 0.15) is 17.5 Å². The van der Waals surface area contributed by atoms with Crippen LogP contribution in [0.3, 0.4) is 0 Å². The predicted molar refractivity (Wildman–Crippen MR) is 168 cm³/mol. The minimum Gasteiger partial charge on any atom is -0.423 e. The minimum atomic E-state index is -5.49. The van der Waals surface area contributed by atoms with Crippen molar-refractivity contribution in [2.45, 2.75) is 32.2 Å². The van der Waals surface area contributed by atoms with Crippen LogP contribution in [0.15, 0.2) is 84.9 Å². The molecule has 0 aliphatic heterocycles. The Morgan fingerprint density at radius 3 is 1.52 bits per heavy atom. The van der Waals surface area contributed by atoms with Gasteiger partial charge in [0.15, 0.2) is 29.0 Å². The molecule has 0 spiro atoms. The second-order valence-electron chi connectivity index (χ2n) is 11.1. The molecule has 0 aromatic heterocycles. The largest absolute Gasteiger partial charge is 0.573 e. The van der Waals surface area contributed by atoms with Crippen LogP contribution in [0.25, 0.3) is 33.4 Å². The minimum absolute atomic E-state index is 0.0114. The summed E-state index contributed by atoms with van der Waals surface area (Å²) < 4.78 is 179. The van der Waals surface area contributed by atoms with Gasteiger partial charge in [-0.3, -0.25) is 0 Å². The monoisotopic (exact) mass is 760 g/mol. The molecule has 0 heterocycles. The summed E-state index contributed by atoms with van der Waals surface area (Å²) in [6.07, 6.45) is -4.74. The highest BCUT2D eigenvalue weighted by atomic mass is 35.5. The van der Waals surface area contributed by atoms with Crippen molar-refractivity contribution >= 4 is 11.6 Å². The zero-order valence-electron chi connectivity index (χ0n) is 26.2. The molecule has 15 heteroatoms. The lowest BCUT2D eigenvalue weighted by molar-refractivity contribution is -0.276. The standard InChI is InChI=1S/C37H21ClF12O2/c1-2-3-4-5-18-6-8-19(9-7-18)20-10-28(42)34(29(43)11-20)51-36(46,47)23-16-24(38)32(27(41)17-23)21-12-25(39)33(26(40)13-21)22-14-30(44)35(31(45)15-22)52-37(48,49)50/h2-3,6-17H,4-5H2,1H3/b3-2+. The third kappa shape index (κ3) is 8.33. The lowest BCUT2D eigenvalue weighted by Crippen LogP contribution is -2.23. The molecule has 272 valence electrons. The van der Waals surface area contributed by atoms with Crippen LogP contribution in [-0.2, 0) is 12.5 Å². The van der Waals surface area contributed by atoms with Gasteiger partial charge in [0.25, 0.3) is 0 Å². The van der Waals surface area contributed by atoms with Gasteiger partial charge in [-0.25, -0.2) is 30.7 Å². The number of benzene rings is 5. The molecule has 0 saturated heterocycles. The second-order valence-corrected chi connectivity index (χ2v) is 11.5. The van der Waals surface area contributed by atoms with Crippen LogP contribution < -0.4 is 9.47 Å². The van der Waals surface area contributed by atoms with Crippen LogP contribution in [0.5, 0.6) is 11.5 Å². The number of allylic oxidation sites excluding steroid dienone is 2. The Morgan fingerprint density at radius 1 is 0.558 bits per heavy atom. The first kappa shape index (κ1) is 38.1. The van der Waals surface area contributed by atoms with Gasteiger partial charge < -0.3 is 9.47 Å². The molecular weight excluding hydrogens is 740 g/mol. The first-order valence-electron chi connectivity index (χ1n) is 14.9. The fourth-order valence-electron chi connectivity index (χ4n) is 5.22. The summed E-state index contributed by atoms with van der Waals surface area (Å²) in [4.78, 5) is 0. The topological polar surface area (TPSA) is 18.5 Å². The molecule has 52 heavy (non-hydrogen) atoms. The van der Waals surface area contributed by atoms with E-state index in [-0.39, 0.29) is 23.8 Å². The normalized spacial score (nSPS) is 12.1. The fourth-order valence-corrected chi connectivity index (χ4v) is 5.54. The molecule has 0 bridgehead atoms. The summed E-state index contributed by atoms with van der Waals surface area (Å²) in [5.41, 5.74) is -3.61. The number of hydrogen-bond acceptors (Lipinski definition) is 2. The molecule has 5 aromatic carbocycles. The Balaban J connectivity index is 1.41. The predicted octanol–water partition coefficient (Wildman–Crippen LogP) is 12.9. The van der Waals surface area contributed by atoms with E-state index in [1.165, 1.54) is 0 Å². The lowest BCUT2D eigenvalue weighted by atomic mass is 9.97. The maximum atomic E-state index is 15.3. The summed E-state index contributed by atoms with van der Waals surface area (Å²) in [7, 11) is 0. The van der Waals surface area contributed by atoms with Gasteiger partial charge in [-0.15, -0.1) is 13.2 Å². The van der Waals surface area contributed by atoms with E-state index < -0.39 is 97.5 Å². The molecule has 2 nitrogen and oxygen atoms in total. The molecule has 0 amide bonds. The van der Waals surface area contributed by atoms with Gasteiger partial charge in [0.05, 0.1) is 16.1 Å². The average Bonchev–Trinajstić information content (AvgIpc) is 3.04. The molecule has 0 saturated carbocycles. The van der Waals surface area contributed by atoms with Crippen molar-refractivity contribution in [2.75, 3.05) is 0 Å². The molecule has 0 aliphatic rings. The van der Waals surface area contributed by atoms with Crippen LogP contribution in [0.2, 0.25) is 5.02 Å². The number of hydrogen-bond donors (Lipinski definition) is 0. The van der Waals surface area contributed by atoms with E-state index in [9.17, 15) is 30.7 Å². The Bertz CT molecular complexity index is 2070. The molecule has 0 unspecified atom stereocenters. The first-order chi connectivity index (χ1) is 24.4. The number of ether oxygens (including phenoxy) is 2. The number of halogens is 13. The van der Waals surface area contributed by atoms with Crippen LogP contribution in [0.4, 0.5) is 52.7 Å². The van der Waals surface area contributed by atoms with Crippen molar-refractivity contribution in [3.05, 3.63) is 142 Å². The van der Waals surface area contributed by atoms with E-state index in [1.807, 2.05) is 19.1 Å². The van der Waals surface area contributed by atoms with Gasteiger partial charge in [-0.1, -0.05) is 48.0 Å². The van der Waals surface area contributed by atoms with Gasteiger partial charge in [0, 0.05) is 5.56 Å². The van der Waals surface area contributed by atoms with Crippen LogP contribution in [-0.4, -0.2) is 6.36 Å². The molecule has 5 rings (SSSR count). The number of alkyl halides is 5. The molecule has 0 N–H and O–H groups in total. The third-order valence-corrected chi connectivity index (χ3v) is 7.86. The summed E-state index contributed by atoms with van der Waals surface area (Å²) in [6, 6.07) is 9.89. The van der Waals surface area contributed by atoms with Gasteiger partial charge >= 0.3 is 12.5 Å². The maximum Gasteiger partial charge on any atom is 0.573 e. The van der Waals surface area contributed by atoms with Crippen LogP contribution >= 0.6 is 11.6 Å². The Morgan fingerprint density at radius 2 is 1.02 bits per heavy atom. The number of aryl methyl sites for hydroxylation is 1. The zero-order chi connectivity index (χ0) is 38.1. The molecular formula is C37H21ClF12O2. The van der Waals surface area contributed by atoms with Crippen molar-refractivity contribution in [1.29, 1.82) is 0 Å². The van der Waals surface area contributed by atoms with Crippen molar-refractivity contribution < 1.29 is 62.2 Å². The summed E-state index contributed by atoms with van der Waals surface area (Å²) in [5.74, 6) is -15.1. The highest BCUT2D eigenvalue weighted by Gasteiger charge is 2.39. The first-order valence-corrected chi connectivity index (χ1v) is 15.3. The maximum absolute atomic E-state index is 15.3. The van der Waals surface area contributed by atoms with E-state index >= 15 is 22.0 Å². The van der Waals surface area contributed by atoms with Crippen molar-refractivity contribution in [2.24, 2.45) is 0 Å². The van der Waals surface area contributed by atoms with E-state index in [0.29, 0.717) is 23.8 Å². The van der Waals surface area contributed by atoms with E-state index in [2.05, 4.69) is 9.47 Å². The zero-order valence-corrected chi connectivity index (χ0v) is 27.0. The Labute approximate surface area is 292 Å². The fraction of sp³-hybridized carbons (Fsp3) is 0.135. The van der Waals surface area contributed by atoms with Gasteiger partial charge in [0.2, 0.25) is 5.75 Å². The van der Waals surface area contributed by atoms with Crippen LogP contribution in [0, 0.1) is 40.7 Å². The SMILES string of the molecule is C/C=C/CCc1ccc(-c2cc(F)c(OC(F)(F)c3cc(F)c(-c4cc(F)c(-c5cc(F)c(OC(F)(F)F)c(F)c5)c(F)c4)c(Cl)c3)c(F)c2)cc1. The summed E-state index contributed by atoms with van der Waals surface area (Å²) in [6.45, 7) is 1.88. The highest BCUT2D eigenvalue weighted by Crippen LogP contribution is 2.42. The molecule has 5 aromatic rings. The molecule has 0 aliphatic carbocycles.